The van der Waals surface area contributed by atoms with E-state index in [0.717, 1.165) is 24.4 Å². The Hall–Kier alpha value is -0.730. The number of fused-ring (bicyclic) bond motifs is 1. The van der Waals surface area contributed by atoms with Gasteiger partial charge in [0, 0.05) is 19.6 Å². The Morgan fingerprint density at radius 2 is 2.27 bits per heavy atom. The maximum Gasteiger partial charge on any atom is 0.0645 e. The van der Waals surface area contributed by atoms with E-state index in [1.165, 1.54) is 16.8 Å². The molecule has 1 unspecified atom stereocenters. The Labute approximate surface area is 96.0 Å². The molecule has 1 aromatic carbocycles. The molecule has 1 aliphatic heterocycles. The predicted octanol–water partition coefficient (Wildman–Crippen LogP) is 2.22. The molecule has 1 heterocycles. The van der Waals surface area contributed by atoms with Gasteiger partial charge >= 0.3 is 0 Å². The van der Waals surface area contributed by atoms with Crippen LogP contribution in [0.1, 0.15) is 18.1 Å². The monoisotopic (exact) mass is 224 g/mol. The minimum atomic E-state index is 0.193. The van der Waals surface area contributed by atoms with Crippen LogP contribution in [0.2, 0.25) is 5.02 Å². The van der Waals surface area contributed by atoms with Crippen molar-refractivity contribution in [2.75, 3.05) is 18.5 Å². The van der Waals surface area contributed by atoms with E-state index in [-0.39, 0.29) is 6.04 Å². The first-order valence-corrected chi connectivity index (χ1v) is 5.73. The highest BCUT2D eigenvalue weighted by molar-refractivity contribution is 6.33. The van der Waals surface area contributed by atoms with Gasteiger partial charge in [-0.2, -0.15) is 0 Å². The van der Waals surface area contributed by atoms with Gasteiger partial charge in [0.1, 0.15) is 0 Å². The number of likely N-dealkylation sites (N-methyl/N-ethyl adjacent to an activating group) is 1. The maximum absolute atomic E-state index is 6.27. The first-order chi connectivity index (χ1) is 7.08. The number of nitrogens with two attached hydrogens (primary N) is 1. The normalized spacial score (nSPS) is 16.7. The highest BCUT2D eigenvalue weighted by atomic mass is 35.5. The smallest absolute Gasteiger partial charge is 0.0645 e. The lowest BCUT2D eigenvalue weighted by Gasteiger charge is -2.15. The van der Waals surface area contributed by atoms with Crippen LogP contribution in [-0.2, 0) is 12.8 Å². The average Bonchev–Trinajstić information content (AvgIpc) is 2.46. The van der Waals surface area contributed by atoms with Crippen molar-refractivity contribution in [1.82, 2.24) is 0 Å². The molecule has 1 atom stereocenters. The first-order valence-electron chi connectivity index (χ1n) is 5.36. The molecule has 15 heavy (non-hydrogen) atoms. The Bertz CT molecular complexity index is 374. The van der Waals surface area contributed by atoms with Gasteiger partial charge in [0.15, 0.2) is 0 Å². The van der Waals surface area contributed by atoms with Gasteiger partial charge in [-0.05, 0) is 37.0 Å². The van der Waals surface area contributed by atoms with Gasteiger partial charge in [-0.25, -0.2) is 0 Å². The Morgan fingerprint density at radius 1 is 1.53 bits per heavy atom. The third kappa shape index (κ3) is 2.11. The minimum absolute atomic E-state index is 0.193. The van der Waals surface area contributed by atoms with Crippen molar-refractivity contribution >= 4 is 17.3 Å². The van der Waals surface area contributed by atoms with Crippen molar-refractivity contribution in [3.8, 4) is 0 Å². The van der Waals surface area contributed by atoms with E-state index < -0.39 is 0 Å². The second-order valence-electron chi connectivity index (χ2n) is 4.44. The van der Waals surface area contributed by atoms with Gasteiger partial charge in [-0.1, -0.05) is 17.7 Å². The number of hydrogen-bond acceptors (Lipinski definition) is 2. The van der Waals surface area contributed by atoms with Crippen LogP contribution in [-0.4, -0.2) is 19.6 Å². The molecule has 0 fully saturated rings. The lowest BCUT2D eigenvalue weighted by Crippen LogP contribution is -2.18. The molecule has 82 valence electrons. The van der Waals surface area contributed by atoms with E-state index in [4.69, 9.17) is 17.3 Å². The molecule has 1 aliphatic rings. The van der Waals surface area contributed by atoms with Gasteiger partial charge in [-0.3, -0.25) is 0 Å². The number of anilines is 1. The molecule has 0 spiro atoms. The molecule has 1 aromatic rings. The second kappa shape index (κ2) is 4.03. The molecule has 0 aliphatic carbocycles. The zero-order valence-electron chi connectivity index (χ0n) is 9.26. The number of halogens is 1. The van der Waals surface area contributed by atoms with Crippen molar-refractivity contribution in [1.29, 1.82) is 0 Å². The van der Waals surface area contributed by atoms with Gasteiger partial charge in [0.05, 0.1) is 10.7 Å². The van der Waals surface area contributed by atoms with Crippen LogP contribution in [0.3, 0.4) is 0 Å². The van der Waals surface area contributed by atoms with Crippen molar-refractivity contribution in [2.24, 2.45) is 5.73 Å². The topological polar surface area (TPSA) is 29.3 Å². The summed E-state index contributed by atoms with van der Waals surface area (Å²) in [6.45, 7) is 3.09. The fraction of sp³-hybridized carbons (Fsp3) is 0.500. The van der Waals surface area contributed by atoms with Crippen LogP contribution in [0, 0.1) is 0 Å². The lowest BCUT2D eigenvalue weighted by atomic mass is 10.0. The summed E-state index contributed by atoms with van der Waals surface area (Å²) in [5.74, 6) is 0. The summed E-state index contributed by atoms with van der Waals surface area (Å²) in [5.41, 5.74) is 9.61. The molecule has 0 saturated heterocycles. The number of hydrogen-bond donors (Lipinski definition) is 1. The quantitative estimate of drug-likeness (QED) is 0.835. The highest BCUT2D eigenvalue weighted by Gasteiger charge is 2.19. The maximum atomic E-state index is 6.27. The van der Waals surface area contributed by atoms with Crippen LogP contribution < -0.4 is 10.6 Å². The van der Waals surface area contributed by atoms with Crippen molar-refractivity contribution in [3.63, 3.8) is 0 Å². The van der Waals surface area contributed by atoms with Crippen molar-refractivity contribution < 1.29 is 0 Å². The number of benzene rings is 1. The second-order valence-corrected chi connectivity index (χ2v) is 4.85. The van der Waals surface area contributed by atoms with E-state index in [2.05, 4.69) is 18.0 Å². The van der Waals surface area contributed by atoms with Gasteiger partial charge < -0.3 is 10.6 Å². The van der Waals surface area contributed by atoms with Crippen molar-refractivity contribution in [3.05, 3.63) is 28.3 Å². The predicted molar refractivity (Wildman–Crippen MR) is 65.8 cm³/mol. The van der Waals surface area contributed by atoms with E-state index in [0.29, 0.717) is 0 Å². The molecule has 2 N–H and O–H groups in total. The van der Waals surface area contributed by atoms with Crippen molar-refractivity contribution in [2.45, 2.75) is 25.8 Å². The highest BCUT2D eigenvalue weighted by Crippen LogP contribution is 2.35. The van der Waals surface area contributed by atoms with E-state index in [1.54, 1.807) is 0 Å². The molecule has 0 bridgehead atoms. The number of rotatable bonds is 2. The molecule has 2 rings (SSSR count). The van der Waals surface area contributed by atoms with Gasteiger partial charge in [-0.15, -0.1) is 0 Å². The third-order valence-corrected chi connectivity index (χ3v) is 3.15. The van der Waals surface area contributed by atoms with E-state index in [1.807, 2.05) is 13.0 Å². The molecule has 0 radical (unpaired) electrons. The van der Waals surface area contributed by atoms with E-state index in [9.17, 15) is 0 Å². The van der Waals surface area contributed by atoms with Crippen LogP contribution in [0.15, 0.2) is 12.1 Å². The minimum Gasteiger partial charge on any atom is -0.373 e. The molecule has 2 nitrogen and oxygen atoms in total. The lowest BCUT2D eigenvalue weighted by molar-refractivity contribution is 0.737. The first kappa shape index (κ1) is 10.8. The average molecular weight is 225 g/mol. The van der Waals surface area contributed by atoms with Crippen LogP contribution in [0.5, 0.6) is 0 Å². The van der Waals surface area contributed by atoms with Crippen LogP contribution >= 0.6 is 11.6 Å². The zero-order valence-corrected chi connectivity index (χ0v) is 10.0. The molecule has 0 amide bonds. The Morgan fingerprint density at radius 3 is 2.93 bits per heavy atom. The summed E-state index contributed by atoms with van der Waals surface area (Å²) in [4.78, 5) is 2.22. The largest absolute Gasteiger partial charge is 0.373 e. The standard InChI is InChI=1S/C12H17ClN2/c1-8(14)5-9-6-10-3-4-15(2)12(10)11(13)7-9/h6-8H,3-5,14H2,1-2H3. The fourth-order valence-corrected chi connectivity index (χ4v) is 2.63. The zero-order chi connectivity index (χ0) is 11.0. The molecule has 3 heteroatoms. The molecular formula is C12H17ClN2. The van der Waals surface area contributed by atoms with Gasteiger partial charge in [0.25, 0.3) is 0 Å². The molecular weight excluding hydrogens is 208 g/mol. The summed E-state index contributed by atoms with van der Waals surface area (Å²) in [6, 6.07) is 4.48. The molecule has 0 aromatic heterocycles. The third-order valence-electron chi connectivity index (χ3n) is 2.86. The summed E-state index contributed by atoms with van der Waals surface area (Å²) in [5, 5.41) is 0.864. The number of nitrogens with zero attached hydrogens (tertiary/aromatic N) is 1. The Kier molecular flexibility index (Phi) is 2.89. The Balaban J connectivity index is 2.36. The fourth-order valence-electron chi connectivity index (χ4n) is 2.23. The van der Waals surface area contributed by atoms with Crippen LogP contribution in [0.4, 0.5) is 5.69 Å². The summed E-state index contributed by atoms with van der Waals surface area (Å²) >= 11 is 6.27. The summed E-state index contributed by atoms with van der Waals surface area (Å²) < 4.78 is 0. The van der Waals surface area contributed by atoms with Crippen LogP contribution in [0.25, 0.3) is 0 Å². The van der Waals surface area contributed by atoms with Gasteiger partial charge in [0.2, 0.25) is 0 Å². The summed E-state index contributed by atoms with van der Waals surface area (Å²) in [7, 11) is 2.09. The SMILES string of the molecule is CC(N)Cc1cc(Cl)c2c(c1)CCN2C. The van der Waals surface area contributed by atoms with E-state index >= 15 is 0 Å². The summed E-state index contributed by atoms with van der Waals surface area (Å²) in [6.07, 6.45) is 2.00. The molecule has 0 saturated carbocycles.